The van der Waals surface area contributed by atoms with Gasteiger partial charge in [-0.25, -0.2) is 14.2 Å². The van der Waals surface area contributed by atoms with Crippen LogP contribution in [0.1, 0.15) is 60.5 Å². The average Bonchev–Trinajstić information content (AvgIpc) is 3.61. The fourth-order valence-corrected chi connectivity index (χ4v) is 7.26. The van der Waals surface area contributed by atoms with Crippen LogP contribution in [-0.4, -0.2) is 21.7 Å². The SMILES string of the molecule is CCOC(=O)C1=C(c2ccccc2)N=c2s/c(=C\c3cn(Cc4ccc(F)cc4)c4ccccc34)c(=O)n2[C@H]1c1ccc(C(C)C)cc1. The Kier molecular flexibility index (Phi) is 8.50. The second-order valence-electron chi connectivity index (χ2n) is 12.1. The van der Waals surface area contributed by atoms with Gasteiger partial charge in [0, 0.05) is 34.8 Å². The number of rotatable bonds is 8. The van der Waals surface area contributed by atoms with Gasteiger partial charge in [-0.15, -0.1) is 0 Å². The van der Waals surface area contributed by atoms with Gasteiger partial charge in [0.2, 0.25) is 0 Å². The topological polar surface area (TPSA) is 65.6 Å². The van der Waals surface area contributed by atoms with Crippen LogP contribution in [0.15, 0.2) is 125 Å². The lowest BCUT2D eigenvalue weighted by Crippen LogP contribution is -2.40. The molecule has 6 nitrogen and oxygen atoms in total. The molecule has 1 aliphatic rings. The summed E-state index contributed by atoms with van der Waals surface area (Å²) in [5, 5.41) is 0.989. The first-order valence-corrected chi connectivity index (χ1v) is 16.8. The van der Waals surface area contributed by atoms with E-state index in [0.717, 1.165) is 38.7 Å². The number of benzene rings is 4. The second kappa shape index (κ2) is 13.0. The van der Waals surface area contributed by atoms with Crippen molar-refractivity contribution in [2.75, 3.05) is 6.61 Å². The van der Waals surface area contributed by atoms with Crippen molar-refractivity contribution < 1.29 is 13.9 Å². The van der Waals surface area contributed by atoms with Crippen molar-refractivity contribution in [1.82, 2.24) is 9.13 Å². The van der Waals surface area contributed by atoms with Crippen LogP contribution in [0.4, 0.5) is 4.39 Å². The summed E-state index contributed by atoms with van der Waals surface area (Å²) < 4.78 is 23.4. The Balaban J connectivity index is 1.44. The number of para-hydroxylation sites is 1. The molecule has 0 saturated carbocycles. The number of hydrogen-bond acceptors (Lipinski definition) is 5. The molecule has 4 aromatic carbocycles. The molecular formula is C40H34FN3O3S. The van der Waals surface area contributed by atoms with Gasteiger partial charge in [0.25, 0.3) is 5.56 Å². The summed E-state index contributed by atoms with van der Waals surface area (Å²) in [5.41, 5.74) is 6.16. The van der Waals surface area contributed by atoms with Crippen LogP contribution in [0.5, 0.6) is 0 Å². The van der Waals surface area contributed by atoms with Crippen molar-refractivity contribution in [3.8, 4) is 0 Å². The van der Waals surface area contributed by atoms with E-state index in [1.54, 1.807) is 23.6 Å². The number of fused-ring (bicyclic) bond motifs is 2. The van der Waals surface area contributed by atoms with E-state index in [0.29, 0.717) is 33.1 Å². The molecule has 0 spiro atoms. The molecule has 0 unspecified atom stereocenters. The Bertz CT molecular complexity index is 2350. The Morgan fingerprint density at radius 2 is 1.67 bits per heavy atom. The quantitative estimate of drug-likeness (QED) is 0.163. The largest absolute Gasteiger partial charge is 0.463 e. The number of ether oxygens (including phenoxy) is 1. The summed E-state index contributed by atoms with van der Waals surface area (Å²) in [7, 11) is 0. The fourth-order valence-electron chi connectivity index (χ4n) is 6.27. The van der Waals surface area contributed by atoms with Crippen LogP contribution in [0.25, 0.3) is 22.7 Å². The number of carbonyl (C=O) groups is 1. The van der Waals surface area contributed by atoms with Gasteiger partial charge >= 0.3 is 5.97 Å². The molecular weight excluding hydrogens is 622 g/mol. The van der Waals surface area contributed by atoms with E-state index in [2.05, 4.69) is 30.5 Å². The smallest absolute Gasteiger partial charge is 0.338 e. The van der Waals surface area contributed by atoms with Gasteiger partial charge in [-0.2, -0.15) is 0 Å². The summed E-state index contributed by atoms with van der Waals surface area (Å²) in [6.07, 6.45) is 3.93. The van der Waals surface area contributed by atoms with Gasteiger partial charge in [-0.1, -0.05) is 110 Å². The van der Waals surface area contributed by atoms with Gasteiger partial charge < -0.3 is 9.30 Å². The van der Waals surface area contributed by atoms with Crippen LogP contribution in [-0.2, 0) is 16.1 Å². The lowest BCUT2D eigenvalue weighted by molar-refractivity contribution is -0.138. The van der Waals surface area contributed by atoms with Gasteiger partial charge in [-0.05, 0) is 53.8 Å². The Labute approximate surface area is 281 Å². The molecule has 7 rings (SSSR count). The van der Waals surface area contributed by atoms with Crippen molar-refractivity contribution in [1.29, 1.82) is 0 Å². The molecule has 1 aliphatic heterocycles. The van der Waals surface area contributed by atoms with E-state index < -0.39 is 12.0 Å². The molecule has 0 amide bonds. The minimum atomic E-state index is -0.737. The standard InChI is InChI=1S/C40H34FN3O3S/c1-4-47-39(46)35-36(28-10-6-5-7-11-28)42-40-44(37(35)29-18-16-27(17-19-29)25(2)3)38(45)34(48-40)22-30-24-43(33-13-9-8-12-32(30)33)23-26-14-20-31(41)21-15-26/h5-22,24-25,37H,4,23H2,1-3H3/b34-22-/t37-/m0/s1. The molecule has 0 aliphatic carbocycles. The predicted molar refractivity (Wildman–Crippen MR) is 189 cm³/mol. The third-order valence-corrected chi connectivity index (χ3v) is 9.65. The van der Waals surface area contributed by atoms with Crippen LogP contribution >= 0.6 is 11.3 Å². The third kappa shape index (κ3) is 5.84. The summed E-state index contributed by atoms with van der Waals surface area (Å²) in [6.45, 7) is 6.77. The highest BCUT2D eigenvalue weighted by molar-refractivity contribution is 7.07. The molecule has 1 atom stereocenters. The predicted octanol–water partition coefficient (Wildman–Crippen LogP) is 7.20. The maximum Gasteiger partial charge on any atom is 0.338 e. The summed E-state index contributed by atoms with van der Waals surface area (Å²) in [6, 6.07) is 31.4. The maximum atomic E-state index is 14.5. The van der Waals surface area contributed by atoms with Gasteiger partial charge in [0.1, 0.15) is 5.82 Å². The summed E-state index contributed by atoms with van der Waals surface area (Å²) in [5.74, 6) is -0.453. The average molecular weight is 656 g/mol. The number of nitrogens with zero attached hydrogens (tertiary/aromatic N) is 3. The zero-order valence-electron chi connectivity index (χ0n) is 26.9. The number of carbonyl (C=O) groups excluding carboxylic acids is 1. The van der Waals surface area contributed by atoms with E-state index >= 15 is 0 Å². The van der Waals surface area contributed by atoms with E-state index in [-0.39, 0.29) is 18.0 Å². The van der Waals surface area contributed by atoms with E-state index in [1.807, 2.05) is 79.0 Å². The zero-order chi connectivity index (χ0) is 33.4. The minimum absolute atomic E-state index is 0.190. The Morgan fingerprint density at radius 1 is 0.958 bits per heavy atom. The van der Waals surface area contributed by atoms with Crippen molar-refractivity contribution in [2.24, 2.45) is 4.99 Å². The number of thiazole rings is 1. The molecule has 8 heteroatoms. The van der Waals surface area contributed by atoms with Crippen molar-refractivity contribution in [2.45, 2.75) is 39.3 Å². The molecule has 0 radical (unpaired) electrons. The normalized spacial score (nSPS) is 14.8. The van der Waals surface area contributed by atoms with Gasteiger partial charge in [0.05, 0.1) is 28.5 Å². The highest BCUT2D eigenvalue weighted by atomic mass is 32.1. The Hall–Kier alpha value is -5.34. The highest BCUT2D eigenvalue weighted by Crippen LogP contribution is 2.35. The minimum Gasteiger partial charge on any atom is -0.463 e. The number of esters is 1. The number of halogens is 1. The molecule has 2 aromatic heterocycles. The van der Waals surface area contributed by atoms with Crippen molar-refractivity contribution >= 4 is 40.0 Å². The third-order valence-electron chi connectivity index (χ3n) is 8.66. The van der Waals surface area contributed by atoms with E-state index in [4.69, 9.17) is 9.73 Å². The second-order valence-corrected chi connectivity index (χ2v) is 13.1. The Morgan fingerprint density at radius 3 is 2.38 bits per heavy atom. The zero-order valence-corrected chi connectivity index (χ0v) is 27.7. The van der Waals surface area contributed by atoms with Crippen molar-refractivity contribution in [3.63, 3.8) is 0 Å². The maximum absolute atomic E-state index is 14.5. The van der Waals surface area contributed by atoms with Crippen LogP contribution in [0.3, 0.4) is 0 Å². The first kappa shape index (κ1) is 31.3. The fraction of sp³-hybridized carbons (Fsp3) is 0.175. The van der Waals surface area contributed by atoms with Crippen LogP contribution in [0, 0.1) is 5.82 Å². The van der Waals surface area contributed by atoms with Crippen LogP contribution < -0.4 is 14.9 Å². The van der Waals surface area contributed by atoms with E-state index in [9.17, 15) is 14.0 Å². The molecule has 0 N–H and O–H groups in total. The van der Waals surface area contributed by atoms with Crippen LogP contribution in [0.2, 0.25) is 0 Å². The number of aromatic nitrogens is 2. The molecule has 0 bridgehead atoms. The number of hydrogen-bond donors (Lipinski definition) is 0. The monoisotopic (exact) mass is 655 g/mol. The molecule has 240 valence electrons. The van der Waals surface area contributed by atoms with E-state index in [1.165, 1.54) is 23.5 Å². The van der Waals surface area contributed by atoms with Gasteiger partial charge in [0.15, 0.2) is 4.80 Å². The molecule has 48 heavy (non-hydrogen) atoms. The van der Waals surface area contributed by atoms with Gasteiger partial charge in [-0.3, -0.25) is 9.36 Å². The first-order valence-electron chi connectivity index (χ1n) is 16.0. The lowest BCUT2D eigenvalue weighted by atomic mass is 9.91. The molecule has 0 saturated heterocycles. The molecule has 6 aromatic rings. The first-order chi connectivity index (χ1) is 23.3. The summed E-state index contributed by atoms with van der Waals surface area (Å²) >= 11 is 1.30. The molecule has 3 heterocycles. The lowest BCUT2D eigenvalue weighted by Gasteiger charge is -2.26. The summed E-state index contributed by atoms with van der Waals surface area (Å²) in [4.78, 5) is 33.8. The molecule has 0 fully saturated rings. The van der Waals surface area contributed by atoms with Crippen molar-refractivity contribution in [3.05, 3.63) is 168 Å². The highest BCUT2D eigenvalue weighted by Gasteiger charge is 2.35.